The summed E-state index contributed by atoms with van der Waals surface area (Å²) in [7, 11) is 0. The lowest BCUT2D eigenvalue weighted by Gasteiger charge is -2.25. The smallest absolute Gasteiger partial charge is 0.253 e. The highest BCUT2D eigenvalue weighted by Gasteiger charge is 2.31. The van der Waals surface area contributed by atoms with Crippen molar-refractivity contribution in [3.8, 4) is 0 Å². The third-order valence-corrected chi connectivity index (χ3v) is 5.04. The van der Waals surface area contributed by atoms with Gasteiger partial charge in [-0.2, -0.15) is 0 Å². The van der Waals surface area contributed by atoms with Crippen LogP contribution in [0.1, 0.15) is 33.8 Å². The van der Waals surface area contributed by atoms with Crippen LogP contribution < -0.4 is 16.0 Å². The number of benzene rings is 3. The lowest BCUT2D eigenvalue weighted by atomic mass is 9.89. The summed E-state index contributed by atoms with van der Waals surface area (Å²) in [4.78, 5) is 37.8. The monoisotopic (exact) mass is 399 g/mol. The van der Waals surface area contributed by atoms with Gasteiger partial charge in [0.25, 0.3) is 5.91 Å². The van der Waals surface area contributed by atoms with Gasteiger partial charge >= 0.3 is 0 Å². The molecular weight excluding hydrogens is 378 g/mol. The maximum Gasteiger partial charge on any atom is 0.253 e. The van der Waals surface area contributed by atoms with Crippen LogP contribution in [0, 0.1) is 0 Å². The van der Waals surface area contributed by atoms with E-state index in [2.05, 4.69) is 16.0 Å². The van der Waals surface area contributed by atoms with Gasteiger partial charge in [0.05, 0.1) is 17.2 Å². The predicted octanol–water partition coefficient (Wildman–Crippen LogP) is 3.68. The Morgan fingerprint density at radius 3 is 2.43 bits per heavy atom. The zero-order valence-electron chi connectivity index (χ0n) is 16.2. The first-order chi connectivity index (χ1) is 14.6. The van der Waals surface area contributed by atoms with Crippen molar-refractivity contribution in [1.82, 2.24) is 5.32 Å². The van der Waals surface area contributed by atoms with Crippen molar-refractivity contribution in [3.05, 3.63) is 95.6 Å². The van der Waals surface area contributed by atoms with E-state index in [0.29, 0.717) is 23.5 Å². The molecule has 0 aliphatic carbocycles. The number of para-hydroxylation sites is 2. The Balaban J connectivity index is 1.51. The maximum absolute atomic E-state index is 13.0. The van der Waals surface area contributed by atoms with Crippen LogP contribution in [0.25, 0.3) is 0 Å². The molecule has 0 saturated carbocycles. The van der Waals surface area contributed by atoms with Gasteiger partial charge in [-0.3, -0.25) is 14.4 Å². The zero-order chi connectivity index (χ0) is 20.9. The summed E-state index contributed by atoms with van der Waals surface area (Å²) in [6, 6.07) is 23.7. The van der Waals surface area contributed by atoms with Gasteiger partial charge in [-0.25, -0.2) is 0 Å². The quantitative estimate of drug-likeness (QED) is 0.612. The van der Waals surface area contributed by atoms with Crippen molar-refractivity contribution in [1.29, 1.82) is 0 Å². The molecule has 3 N–H and O–H groups in total. The van der Waals surface area contributed by atoms with Crippen LogP contribution >= 0.6 is 0 Å². The fourth-order valence-corrected chi connectivity index (χ4v) is 3.53. The molecule has 6 heteroatoms. The van der Waals surface area contributed by atoms with Gasteiger partial charge < -0.3 is 16.0 Å². The minimum atomic E-state index is -0.615. The largest absolute Gasteiger partial charge is 0.348 e. The number of amides is 3. The second kappa shape index (κ2) is 8.61. The number of hydrogen-bond acceptors (Lipinski definition) is 3. The average Bonchev–Trinajstić information content (AvgIpc) is 2.78. The number of carbonyl (C=O) groups is 3. The molecule has 4 rings (SSSR count). The molecule has 0 aromatic heterocycles. The maximum atomic E-state index is 13.0. The van der Waals surface area contributed by atoms with Crippen LogP contribution in [0.2, 0.25) is 0 Å². The van der Waals surface area contributed by atoms with E-state index >= 15 is 0 Å². The second-order valence-corrected chi connectivity index (χ2v) is 7.10. The first kappa shape index (κ1) is 19.4. The number of fused-ring (bicyclic) bond motifs is 1. The summed E-state index contributed by atoms with van der Waals surface area (Å²) in [5, 5.41) is 8.51. The molecule has 3 aromatic rings. The molecule has 1 aliphatic heterocycles. The molecule has 1 aliphatic rings. The van der Waals surface area contributed by atoms with Crippen LogP contribution in [0.4, 0.5) is 11.4 Å². The van der Waals surface area contributed by atoms with Crippen LogP contribution in [-0.2, 0) is 16.1 Å². The van der Waals surface area contributed by atoms with Gasteiger partial charge in [0.2, 0.25) is 11.8 Å². The van der Waals surface area contributed by atoms with Crippen molar-refractivity contribution in [2.45, 2.75) is 18.9 Å². The first-order valence-electron chi connectivity index (χ1n) is 9.72. The Morgan fingerprint density at radius 1 is 0.900 bits per heavy atom. The summed E-state index contributed by atoms with van der Waals surface area (Å²) in [5.41, 5.74) is 3.17. The lowest BCUT2D eigenvalue weighted by molar-refractivity contribution is -0.123. The van der Waals surface area contributed by atoms with Gasteiger partial charge in [-0.05, 0) is 29.3 Å². The molecule has 1 heterocycles. The van der Waals surface area contributed by atoms with Crippen molar-refractivity contribution < 1.29 is 14.4 Å². The number of nitrogens with one attached hydrogen (secondary N) is 3. The summed E-state index contributed by atoms with van der Waals surface area (Å²) in [6.45, 7) is 0.387. The number of anilines is 2. The summed E-state index contributed by atoms with van der Waals surface area (Å²) < 4.78 is 0. The van der Waals surface area contributed by atoms with Crippen LogP contribution in [0.3, 0.4) is 0 Å². The Bertz CT molecular complexity index is 1100. The molecular formula is C24H21N3O3. The fourth-order valence-electron chi connectivity index (χ4n) is 3.53. The Hall–Kier alpha value is -3.93. The van der Waals surface area contributed by atoms with Crippen molar-refractivity contribution in [2.24, 2.45) is 0 Å². The summed E-state index contributed by atoms with van der Waals surface area (Å²) in [6.07, 6.45) is 0.0607. The van der Waals surface area contributed by atoms with Gasteiger partial charge in [-0.15, -0.1) is 0 Å². The Morgan fingerprint density at radius 2 is 1.60 bits per heavy atom. The van der Waals surface area contributed by atoms with Gasteiger partial charge in [-0.1, -0.05) is 60.7 Å². The SMILES string of the molecule is O=C1CC(C(=O)Nc2ccccc2C(=O)NCc2ccccc2)c2ccccc2N1. The predicted molar refractivity (Wildman–Crippen MR) is 115 cm³/mol. The minimum Gasteiger partial charge on any atom is -0.348 e. The fraction of sp³-hybridized carbons (Fsp3) is 0.125. The van der Waals surface area contributed by atoms with E-state index in [1.165, 1.54) is 0 Å². The Labute approximate surface area is 174 Å². The van der Waals surface area contributed by atoms with Gasteiger partial charge in [0.15, 0.2) is 0 Å². The van der Waals surface area contributed by atoms with Crippen LogP contribution in [-0.4, -0.2) is 17.7 Å². The molecule has 3 amide bonds. The molecule has 150 valence electrons. The third kappa shape index (κ3) is 4.22. The van der Waals surface area contributed by atoms with Crippen molar-refractivity contribution in [2.75, 3.05) is 10.6 Å². The van der Waals surface area contributed by atoms with E-state index in [4.69, 9.17) is 0 Å². The van der Waals surface area contributed by atoms with Crippen molar-refractivity contribution >= 4 is 29.1 Å². The highest BCUT2D eigenvalue weighted by Crippen LogP contribution is 2.33. The molecule has 0 fully saturated rings. The van der Waals surface area contributed by atoms with E-state index in [1.807, 2.05) is 48.5 Å². The topological polar surface area (TPSA) is 87.3 Å². The second-order valence-electron chi connectivity index (χ2n) is 7.10. The molecule has 0 spiro atoms. The highest BCUT2D eigenvalue weighted by molar-refractivity contribution is 6.08. The van der Waals surface area contributed by atoms with E-state index in [9.17, 15) is 14.4 Å². The average molecular weight is 399 g/mol. The molecule has 1 unspecified atom stereocenters. The highest BCUT2D eigenvalue weighted by atomic mass is 16.2. The molecule has 1 atom stereocenters. The van der Waals surface area contributed by atoms with Crippen molar-refractivity contribution in [3.63, 3.8) is 0 Å². The molecule has 3 aromatic carbocycles. The normalized spacial score (nSPS) is 14.9. The van der Waals surface area contributed by atoms with Gasteiger partial charge in [0.1, 0.15) is 0 Å². The lowest BCUT2D eigenvalue weighted by Crippen LogP contribution is -2.31. The standard InChI is InChI=1S/C24H21N3O3/c28-22-14-19(17-10-4-6-12-20(17)26-22)24(30)27-21-13-7-5-11-18(21)23(29)25-15-16-8-2-1-3-9-16/h1-13,19H,14-15H2,(H,25,29)(H,26,28)(H,27,30). The molecule has 0 radical (unpaired) electrons. The number of carbonyl (C=O) groups excluding carboxylic acids is 3. The van der Waals surface area contributed by atoms with Gasteiger partial charge in [0, 0.05) is 18.7 Å². The zero-order valence-corrected chi connectivity index (χ0v) is 16.2. The first-order valence-corrected chi connectivity index (χ1v) is 9.72. The van der Waals surface area contributed by atoms with E-state index in [-0.39, 0.29) is 24.1 Å². The third-order valence-electron chi connectivity index (χ3n) is 5.04. The number of rotatable bonds is 5. The minimum absolute atomic E-state index is 0.0607. The summed E-state index contributed by atoms with van der Waals surface area (Å²) in [5.74, 6) is -1.42. The molecule has 0 saturated heterocycles. The Kier molecular flexibility index (Phi) is 5.57. The molecule has 0 bridgehead atoms. The van der Waals surface area contributed by atoms with E-state index < -0.39 is 5.92 Å². The van der Waals surface area contributed by atoms with E-state index in [0.717, 1.165) is 11.1 Å². The van der Waals surface area contributed by atoms with E-state index in [1.54, 1.807) is 30.3 Å². The summed E-state index contributed by atoms with van der Waals surface area (Å²) >= 11 is 0. The van der Waals surface area contributed by atoms with Crippen LogP contribution in [0.15, 0.2) is 78.9 Å². The molecule has 30 heavy (non-hydrogen) atoms. The van der Waals surface area contributed by atoms with Crippen LogP contribution in [0.5, 0.6) is 0 Å². The molecule has 6 nitrogen and oxygen atoms in total. The number of hydrogen-bond donors (Lipinski definition) is 3.